The largest absolute Gasteiger partial charge is 0.378 e. The van der Waals surface area contributed by atoms with Crippen LogP contribution in [0.25, 0.3) is 27.7 Å². The van der Waals surface area contributed by atoms with Crippen molar-refractivity contribution in [2.75, 3.05) is 31.2 Å². The van der Waals surface area contributed by atoms with Gasteiger partial charge in [0.05, 0.1) is 36.0 Å². The number of benzene rings is 2. The van der Waals surface area contributed by atoms with Gasteiger partial charge in [0.25, 0.3) is 5.56 Å². The molecule has 2 aromatic heterocycles. The molecule has 7 heteroatoms. The molecule has 2 aromatic carbocycles. The maximum Gasteiger partial charge on any atom is 0.261 e. The van der Waals surface area contributed by atoms with Crippen molar-refractivity contribution in [3.8, 4) is 16.8 Å². The first kappa shape index (κ1) is 18.6. The second-order valence-electron chi connectivity index (χ2n) is 7.54. The Morgan fingerprint density at radius 1 is 0.967 bits per heavy atom. The third-order valence-electron chi connectivity index (χ3n) is 5.71. The molecule has 0 bridgehead atoms. The van der Waals surface area contributed by atoms with E-state index in [1.807, 2.05) is 42.2 Å². The number of hydrogen-bond acceptors (Lipinski definition) is 5. The molecule has 0 atom stereocenters. The number of nitrogens with zero attached hydrogens (tertiary/aromatic N) is 5. The van der Waals surface area contributed by atoms with Gasteiger partial charge in [0.2, 0.25) is 0 Å². The van der Waals surface area contributed by atoms with Crippen molar-refractivity contribution in [3.05, 3.63) is 71.0 Å². The van der Waals surface area contributed by atoms with Crippen LogP contribution in [0.2, 0.25) is 0 Å². The summed E-state index contributed by atoms with van der Waals surface area (Å²) < 4.78 is 8.86. The number of fused-ring (bicyclic) bond motifs is 1. The van der Waals surface area contributed by atoms with Gasteiger partial charge in [-0.2, -0.15) is 5.10 Å². The van der Waals surface area contributed by atoms with E-state index in [4.69, 9.17) is 4.74 Å². The van der Waals surface area contributed by atoms with Crippen LogP contribution in [0.5, 0.6) is 0 Å². The third kappa shape index (κ3) is 3.27. The van der Waals surface area contributed by atoms with Crippen LogP contribution in [-0.2, 0) is 11.8 Å². The van der Waals surface area contributed by atoms with Gasteiger partial charge in [-0.1, -0.05) is 6.07 Å². The fourth-order valence-corrected chi connectivity index (χ4v) is 3.81. The Labute approximate surface area is 174 Å². The standard InChI is InChI=1S/C23H23N5O2/c1-16-25-22-8-3-17(13-21(22)23(29)26(16)2)18-14-24-28(15-18)20-6-4-19(5-7-20)27-9-11-30-12-10-27/h3-8,13-15H,9-12H2,1-2H3. The van der Waals surface area contributed by atoms with Crippen molar-refractivity contribution in [1.29, 1.82) is 0 Å². The zero-order chi connectivity index (χ0) is 20.7. The summed E-state index contributed by atoms with van der Waals surface area (Å²) in [6.07, 6.45) is 3.81. The third-order valence-corrected chi connectivity index (χ3v) is 5.71. The molecule has 4 aromatic rings. The predicted octanol–water partition coefficient (Wildman–Crippen LogP) is 2.93. The van der Waals surface area contributed by atoms with Crippen molar-refractivity contribution in [2.24, 2.45) is 7.05 Å². The molecule has 1 fully saturated rings. The lowest BCUT2D eigenvalue weighted by Gasteiger charge is -2.28. The molecule has 3 heterocycles. The molecule has 0 amide bonds. The van der Waals surface area contributed by atoms with E-state index in [-0.39, 0.29) is 5.56 Å². The molecule has 0 aliphatic carbocycles. The van der Waals surface area contributed by atoms with Crippen LogP contribution < -0.4 is 10.5 Å². The Kier molecular flexibility index (Phi) is 4.59. The molecule has 0 spiro atoms. The van der Waals surface area contributed by atoms with E-state index in [0.29, 0.717) is 16.7 Å². The van der Waals surface area contributed by atoms with Gasteiger partial charge < -0.3 is 9.64 Å². The number of hydrogen-bond donors (Lipinski definition) is 0. The van der Waals surface area contributed by atoms with Gasteiger partial charge in [0.1, 0.15) is 5.82 Å². The zero-order valence-corrected chi connectivity index (χ0v) is 17.1. The number of aryl methyl sites for hydroxylation is 1. The fourth-order valence-electron chi connectivity index (χ4n) is 3.81. The van der Waals surface area contributed by atoms with Crippen LogP contribution >= 0.6 is 0 Å². The van der Waals surface area contributed by atoms with Gasteiger partial charge in [-0.05, 0) is 48.9 Å². The highest BCUT2D eigenvalue weighted by Crippen LogP contribution is 2.24. The molecule has 1 aliphatic heterocycles. The minimum atomic E-state index is -0.0366. The average Bonchev–Trinajstić information content (AvgIpc) is 3.28. The van der Waals surface area contributed by atoms with E-state index in [9.17, 15) is 4.79 Å². The average molecular weight is 401 g/mol. The Morgan fingerprint density at radius 3 is 2.47 bits per heavy atom. The van der Waals surface area contributed by atoms with Crippen LogP contribution in [0.4, 0.5) is 5.69 Å². The molecule has 0 unspecified atom stereocenters. The van der Waals surface area contributed by atoms with Crippen molar-refractivity contribution < 1.29 is 4.74 Å². The lowest BCUT2D eigenvalue weighted by atomic mass is 10.1. The van der Waals surface area contributed by atoms with E-state index in [2.05, 4.69) is 39.2 Å². The Hall–Kier alpha value is -3.45. The Balaban J connectivity index is 1.44. The summed E-state index contributed by atoms with van der Waals surface area (Å²) >= 11 is 0. The van der Waals surface area contributed by atoms with Gasteiger partial charge in [-0.3, -0.25) is 9.36 Å². The lowest BCUT2D eigenvalue weighted by Crippen LogP contribution is -2.36. The molecular weight excluding hydrogens is 378 g/mol. The van der Waals surface area contributed by atoms with E-state index in [0.717, 1.165) is 43.1 Å². The van der Waals surface area contributed by atoms with Gasteiger partial charge in [-0.15, -0.1) is 0 Å². The second-order valence-corrected chi connectivity index (χ2v) is 7.54. The SMILES string of the molecule is Cc1nc2ccc(-c3cnn(-c4ccc(N5CCOCC5)cc4)c3)cc2c(=O)n1C. The molecule has 152 valence electrons. The summed E-state index contributed by atoms with van der Waals surface area (Å²) in [6, 6.07) is 14.2. The van der Waals surface area contributed by atoms with E-state index >= 15 is 0 Å². The van der Waals surface area contributed by atoms with Crippen molar-refractivity contribution in [1.82, 2.24) is 19.3 Å². The van der Waals surface area contributed by atoms with Crippen LogP contribution in [-0.4, -0.2) is 45.6 Å². The van der Waals surface area contributed by atoms with E-state index in [1.165, 1.54) is 5.69 Å². The first-order chi connectivity index (χ1) is 14.6. The number of ether oxygens (including phenoxy) is 1. The van der Waals surface area contributed by atoms with Crippen LogP contribution in [0, 0.1) is 6.92 Å². The van der Waals surface area contributed by atoms with Crippen molar-refractivity contribution >= 4 is 16.6 Å². The normalized spacial score (nSPS) is 14.4. The quantitative estimate of drug-likeness (QED) is 0.528. The van der Waals surface area contributed by atoms with Crippen molar-refractivity contribution in [2.45, 2.75) is 6.92 Å². The number of rotatable bonds is 3. The highest BCUT2D eigenvalue weighted by atomic mass is 16.5. The molecule has 5 rings (SSSR count). The summed E-state index contributed by atoms with van der Waals surface area (Å²) in [5, 5.41) is 5.14. The van der Waals surface area contributed by atoms with Crippen LogP contribution in [0.15, 0.2) is 59.7 Å². The molecule has 7 nitrogen and oxygen atoms in total. The second kappa shape index (κ2) is 7.42. The number of aromatic nitrogens is 4. The number of morpholine rings is 1. The molecule has 1 saturated heterocycles. The fraction of sp³-hybridized carbons (Fsp3) is 0.261. The summed E-state index contributed by atoms with van der Waals surface area (Å²) in [6.45, 7) is 5.22. The Morgan fingerprint density at radius 2 is 1.70 bits per heavy atom. The van der Waals surface area contributed by atoms with Crippen molar-refractivity contribution in [3.63, 3.8) is 0 Å². The maximum absolute atomic E-state index is 12.6. The monoisotopic (exact) mass is 401 g/mol. The summed E-state index contributed by atoms with van der Waals surface area (Å²) in [7, 11) is 1.75. The minimum absolute atomic E-state index is 0.0366. The van der Waals surface area contributed by atoms with Gasteiger partial charge in [-0.25, -0.2) is 9.67 Å². The maximum atomic E-state index is 12.6. The van der Waals surface area contributed by atoms with Gasteiger partial charge in [0, 0.05) is 37.6 Å². The molecule has 0 saturated carbocycles. The highest BCUT2D eigenvalue weighted by molar-refractivity contribution is 5.83. The first-order valence-electron chi connectivity index (χ1n) is 10.1. The smallest absolute Gasteiger partial charge is 0.261 e. The molecule has 0 radical (unpaired) electrons. The first-order valence-corrected chi connectivity index (χ1v) is 10.1. The lowest BCUT2D eigenvalue weighted by molar-refractivity contribution is 0.122. The van der Waals surface area contributed by atoms with E-state index < -0.39 is 0 Å². The minimum Gasteiger partial charge on any atom is -0.378 e. The van der Waals surface area contributed by atoms with Crippen LogP contribution in [0.3, 0.4) is 0 Å². The topological polar surface area (TPSA) is 65.2 Å². The predicted molar refractivity (Wildman–Crippen MR) is 117 cm³/mol. The molecular formula is C23H23N5O2. The van der Waals surface area contributed by atoms with Crippen LogP contribution in [0.1, 0.15) is 5.82 Å². The Bertz CT molecular complexity index is 1270. The molecule has 0 N–H and O–H groups in total. The summed E-state index contributed by atoms with van der Waals surface area (Å²) in [5.41, 5.74) is 4.77. The highest BCUT2D eigenvalue weighted by Gasteiger charge is 2.12. The molecule has 30 heavy (non-hydrogen) atoms. The summed E-state index contributed by atoms with van der Waals surface area (Å²) in [4.78, 5) is 19.4. The van der Waals surface area contributed by atoms with E-state index in [1.54, 1.807) is 11.6 Å². The zero-order valence-electron chi connectivity index (χ0n) is 17.1. The number of anilines is 1. The molecule has 1 aliphatic rings. The van der Waals surface area contributed by atoms with Gasteiger partial charge in [0.15, 0.2) is 0 Å². The summed E-state index contributed by atoms with van der Waals surface area (Å²) in [5.74, 6) is 0.702. The van der Waals surface area contributed by atoms with Gasteiger partial charge >= 0.3 is 0 Å².